The first-order chi connectivity index (χ1) is 11.0. The first-order valence-corrected chi connectivity index (χ1v) is 7.48. The Balaban J connectivity index is 0.00000288. The summed E-state index contributed by atoms with van der Waals surface area (Å²) in [4.78, 5) is 23.7. The van der Waals surface area contributed by atoms with Gasteiger partial charge in [-0.3, -0.25) is 10.1 Å². The van der Waals surface area contributed by atoms with Crippen LogP contribution < -0.4 is 9.47 Å². The number of halogens is 1. The van der Waals surface area contributed by atoms with E-state index in [9.17, 15) is 14.9 Å². The zero-order chi connectivity index (χ0) is 16.8. The molecule has 0 spiro atoms. The second kappa shape index (κ2) is 9.29. The largest absolute Gasteiger partial charge is 0.493 e. The average molecular weight is 361 g/mol. The Morgan fingerprint density at radius 2 is 2.00 bits per heavy atom. The lowest BCUT2D eigenvalue weighted by molar-refractivity contribution is -0.385. The van der Waals surface area contributed by atoms with Crippen LogP contribution >= 0.6 is 12.4 Å². The van der Waals surface area contributed by atoms with E-state index in [4.69, 9.17) is 14.6 Å². The average Bonchev–Trinajstić information content (AvgIpc) is 3.03. The molecule has 9 heteroatoms. The molecule has 0 amide bonds. The molecular formula is C15H21ClN2O6. The van der Waals surface area contributed by atoms with Crippen molar-refractivity contribution in [3.8, 4) is 11.5 Å². The van der Waals surface area contributed by atoms with Crippen LogP contribution in [0.25, 0.3) is 0 Å². The third-order valence-corrected chi connectivity index (χ3v) is 3.78. The minimum absolute atomic E-state index is 0. The molecule has 0 unspecified atom stereocenters. The zero-order valence-corrected chi connectivity index (χ0v) is 14.2. The Bertz CT molecular complexity index is 590. The number of hydrogen-bond acceptors (Lipinski definition) is 6. The van der Waals surface area contributed by atoms with E-state index in [-0.39, 0.29) is 23.9 Å². The fourth-order valence-corrected chi connectivity index (χ4v) is 2.62. The fraction of sp³-hybridized carbons (Fsp3) is 0.533. The summed E-state index contributed by atoms with van der Waals surface area (Å²) in [6.45, 7) is 3.50. The number of nitro groups is 1. The fourth-order valence-electron chi connectivity index (χ4n) is 2.62. The molecule has 1 N–H and O–H groups in total. The van der Waals surface area contributed by atoms with Gasteiger partial charge in [-0.2, -0.15) is 0 Å². The van der Waals surface area contributed by atoms with E-state index in [0.29, 0.717) is 6.61 Å². The third-order valence-electron chi connectivity index (χ3n) is 3.78. The summed E-state index contributed by atoms with van der Waals surface area (Å²) in [7, 11) is 1.36. The molecule has 8 nitrogen and oxygen atoms in total. The van der Waals surface area contributed by atoms with Crippen molar-refractivity contribution in [1.82, 2.24) is 4.90 Å². The van der Waals surface area contributed by atoms with Gasteiger partial charge in [0.15, 0.2) is 11.5 Å². The van der Waals surface area contributed by atoms with E-state index in [2.05, 4.69) is 4.90 Å². The summed E-state index contributed by atoms with van der Waals surface area (Å²) in [5.41, 5.74) is -0.927. The summed E-state index contributed by atoms with van der Waals surface area (Å²) >= 11 is 0. The zero-order valence-electron chi connectivity index (χ0n) is 13.4. The normalized spacial score (nSPS) is 14.0. The summed E-state index contributed by atoms with van der Waals surface area (Å²) < 4.78 is 10.6. The highest BCUT2D eigenvalue weighted by molar-refractivity contribution is 5.93. The number of ether oxygens (including phenoxy) is 2. The first-order valence-electron chi connectivity index (χ1n) is 7.48. The number of nitrogens with zero attached hydrogens (tertiary/aromatic N) is 2. The van der Waals surface area contributed by atoms with Crippen molar-refractivity contribution in [2.45, 2.75) is 19.3 Å². The smallest absolute Gasteiger partial charge is 0.342 e. The van der Waals surface area contributed by atoms with Crippen LogP contribution in [0.2, 0.25) is 0 Å². The maximum atomic E-state index is 11.1. The van der Waals surface area contributed by atoms with Gasteiger partial charge in [-0.1, -0.05) is 0 Å². The predicted octanol–water partition coefficient (Wildman–Crippen LogP) is 2.59. The molecule has 0 radical (unpaired) electrons. The molecule has 1 aromatic carbocycles. The molecule has 1 heterocycles. The number of aromatic carboxylic acids is 1. The summed E-state index contributed by atoms with van der Waals surface area (Å²) in [5.74, 6) is -1.02. The number of methoxy groups -OCH3 is 1. The molecule has 1 fully saturated rings. The van der Waals surface area contributed by atoms with Crippen molar-refractivity contribution in [1.29, 1.82) is 0 Å². The van der Waals surface area contributed by atoms with Crippen molar-refractivity contribution >= 4 is 24.1 Å². The van der Waals surface area contributed by atoms with E-state index in [1.54, 1.807) is 0 Å². The highest BCUT2D eigenvalue weighted by atomic mass is 35.5. The topological polar surface area (TPSA) is 102 Å². The molecule has 0 bridgehead atoms. The van der Waals surface area contributed by atoms with E-state index in [1.165, 1.54) is 20.0 Å². The van der Waals surface area contributed by atoms with Gasteiger partial charge in [0, 0.05) is 12.6 Å². The van der Waals surface area contributed by atoms with Crippen LogP contribution in [0.3, 0.4) is 0 Å². The molecule has 2 rings (SSSR count). The van der Waals surface area contributed by atoms with E-state index in [0.717, 1.165) is 38.2 Å². The lowest BCUT2D eigenvalue weighted by atomic mass is 10.1. The number of hydrogen-bond donors (Lipinski definition) is 1. The highest BCUT2D eigenvalue weighted by Gasteiger charge is 2.24. The number of carboxylic acids is 1. The standard InChI is InChI=1S/C15H20N2O6.ClH/c1-22-13-9-11(15(18)19)12(17(20)21)10-14(13)23-8-4-7-16-5-2-3-6-16;/h9-10H,2-8H2,1H3,(H,18,19);1H. The molecule has 1 aliphatic heterocycles. The molecule has 0 atom stereocenters. The van der Waals surface area contributed by atoms with Crippen molar-refractivity contribution in [2.75, 3.05) is 33.4 Å². The minimum Gasteiger partial charge on any atom is -0.493 e. The van der Waals surface area contributed by atoms with Gasteiger partial charge >= 0.3 is 5.97 Å². The number of likely N-dealkylation sites (tertiary alicyclic amines) is 1. The van der Waals surface area contributed by atoms with Crippen molar-refractivity contribution in [3.05, 3.63) is 27.8 Å². The number of nitro benzene ring substituents is 1. The van der Waals surface area contributed by atoms with Crippen LogP contribution in [0.5, 0.6) is 11.5 Å². The van der Waals surface area contributed by atoms with Gasteiger partial charge in [0.05, 0.1) is 24.7 Å². The molecule has 134 valence electrons. The van der Waals surface area contributed by atoms with E-state index >= 15 is 0 Å². The summed E-state index contributed by atoms with van der Waals surface area (Å²) in [6.07, 6.45) is 3.23. The van der Waals surface area contributed by atoms with Gasteiger partial charge < -0.3 is 19.5 Å². The SMILES string of the molecule is COc1cc(C(=O)O)c([N+](=O)[O-])cc1OCCCN1CCCC1.Cl. The Hall–Kier alpha value is -2.06. The number of rotatable bonds is 8. The van der Waals surface area contributed by atoms with Crippen molar-refractivity contribution < 1.29 is 24.3 Å². The van der Waals surface area contributed by atoms with Gasteiger partial charge in [0.25, 0.3) is 5.69 Å². The van der Waals surface area contributed by atoms with Crippen LogP contribution in [0.4, 0.5) is 5.69 Å². The molecule has 24 heavy (non-hydrogen) atoms. The van der Waals surface area contributed by atoms with Crippen LogP contribution in [-0.2, 0) is 0 Å². The van der Waals surface area contributed by atoms with Gasteiger partial charge in [0.1, 0.15) is 5.56 Å². The lowest BCUT2D eigenvalue weighted by Crippen LogP contribution is -2.22. The Morgan fingerprint density at radius 1 is 1.33 bits per heavy atom. The van der Waals surface area contributed by atoms with Crippen LogP contribution in [0.15, 0.2) is 12.1 Å². The molecule has 1 aliphatic rings. The maximum absolute atomic E-state index is 11.1. The molecular weight excluding hydrogens is 340 g/mol. The van der Waals surface area contributed by atoms with E-state index in [1.807, 2.05) is 0 Å². The molecule has 0 aromatic heterocycles. The summed E-state index contributed by atoms with van der Waals surface area (Å²) in [5, 5.41) is 20.1. The predicted molar refractivity (Wildman–Crippen MR) is 89.6 cm³/mol. The van der Waals surface area contributed by atoms with Gasteiger partial charge in [-0.25, -0.2) is 4.79 Å². The monoisotopic (exact) mass is 360 g/mol. The Labute approximate surface area is 145 Å². The molecule has 1 aromatic rings. The van der Waals surface area contributed by atoms with Crippen molar-refractivity contribution in [3.63, 3.8) is 0 Å². The third kappa shape index (κ3) is 4.97. The summed E-state index contributed by atoms with van der Waals surface area (Å²) in [6, 6.07) is 2.23. The Morgan fingerprint density at radius 3 is 2.54 bits per heavy atom. The van der Waals surface area contributed by atoms with Gasteiger partial charge in [0.2, 0.25) is 0 Å². The second-order valence-corrected chi connectivity index (χ2v) is 5.33. The number of carbonyl (C=O) groups is 1. The second-order valence-electron chi connectivity index (χ2n) is 5.33. The van der Waals surface area contributed by atoms with E-state index < -0.39 is 22.1 Å². The minimum atomic E-state index is -1.38. The van der Waals surface area contributed by atoms with Gasteiger partial charge in [-0.05, 0) is 32.4 Å². The molecule has 1 saturated heterocycles. The van der Waals surface area contributed by atoms with Crippen LogP contribution in [0, 0.1) is 10.1 Å². The first kappa shape index (κ1) is 20.0. The molecule has 0 saturated carbocycles. The lowest BCUT2D eigenvalue weighted by Gasteiger charge is -2.15. The van der Waals surface area contributed by atoms with Crippen molar-refractivity contribution in [2.24, 2.45) is 0 Å². The molecule has 0 aliphatic carbocycles. The number of carboxylic acid groups (broad SMARTS) is 1. The highest BCUT2D eigenvalue weighted by Crippen LogP contribution is 2.34. The quantitative estimate of drug-likeness (QED) is 0.431. The maximum Gasteiger partial charge on any atom is 0.342 e. The van der Waals surface area contributed by atoms with Crippen LogP contribution in [-0.4, -0.2) is 54.3 Å². The Kier molecular flexibility index (Phi) is 7.73. The van der Waals surface area contributed by atoms with Gasteiger partial charge in [-0.15, -0.1) is 12.4 Å². The van der Waals surface area contributed by atoms with Crippen LogP contribution in [0.1, 0.15) is 29.6 Å². The number of benzene rings is 1.